The molecule has 0 saturated carbocycles. The zero-order valence-corrected chi connectivity index (χ0v) is 9.76. The summed E-state index contributed by atoms with van der Waals surface area (Å²) in [7, 11) is 0. The van der Waals surface area contributed by atoms with Crippen LogP contribution in [0, 0.1) is 0 Å². The molecule has 0 aliphatic rings. The Balaban J connectivity index is 2.56. The van der Waals surface area contributed by atoms with Crippen molar-refractivity contribution >= 4 is 38.9 Å². The molecule has 14 heavy (non-hydrogen) atoms. The molecule has 0 aromatic carbocycles. The van der Waals surface area contributed by atoms with Gasteiger partial charge >= 0.3 is 5.97 Å². The highest BCUT2D eigenvalue weighted by Crippen LogP contribution is 2.22. The smallest absolute Gasteiger partial charge is 0.344 e. The number of oxime groups is 1. The molecule has 6 heteroatoms. The van der Waals surface area contributed by atoms with Gasteiger partial charge in [-0.05, 0) is 35.0 Å². The summed E-state index contributed by atoms with van der Waals surface area (Å²) in [6, 6.07) is 3.79. The number of carbonyl (C=O) groups is 1. The maximum Gasteiger partial charge on any atom is 0.344 e. The molecule has 0 bridgehead atoms. The van der Waals surface area contributed by atoms with Crippen molar-refractivity contribution in [3.05, 3.63) is 20.8 Å². The van der Waals surface area contributed by atoms with Crippen LogP contribution in [0.25, 0.3) is 0 Å². The van der Waals surface area contributed by atoms with E-state index in [1.54, 1.807) is 6.92 Å². The van der Waals surface area contributed by atoms with Crippen LogP contribution in [0.5, 0.6) is 0 Å². The van der Waals surface area contributed by atoms with Gasteiger partial charge in [-0.15, -0.1) is 11.3 Å². The zero-order chi connectivity index (χ0) is 10.6. The summed E-state index contributed by atoms with van der Waals surface area (Å²) in [5.74, 6) is -1.03. The van der Waals surface area contributed by atoms with Crippen LogP contribution in [0.2, 0.25) is 0 Å². The molecule has 0 unspecified atom stereocenters. The largest absolute Gasteiger partial charge is 0.479 e. The lowest BCUT2D eigenvalue weighted by Crippen LogP contribution is -2.04. The molecule has 0 spiro atoms. The Morgan fingerprint density at radius 1 is 1.71 bits per heavy atom. The minimum atomic E-state index is -1.03. The third-order valence-electron chi connectivity index (χ3n) is 1.32. The van der Waals surface area contributed by atoms with Crippen molar-refractivity contribution in [3.8, 4) is 0 Å². The molecule has 0 aliphatic carbocycles. The predicted octanol–water partition coefficient (Wildman–Crippen LogP) is 2.34. The first-order valence-electron chi connectivity index (χ1n) is 3.73. The molecule has 1 rings (SSSR count). The van der Waals surface area contributed by atoms with E-state index >= 15 is 0 Å². The zero-order valence-electron chi connectivity index (χ0n) is 7.36. The third-order valence-corrected chi connectivity index (χ3v) is 3.05. The molecule has 0 saturated heterocycles. The van der Waals surface area contributed by atoms with Gasteiger partial charge in [-0.2, -0.15) is 0 Å². The van der Waals surface area contributed by atoms with E-state index in [-0.39, 0.29) is 0 Å². The van der Waals surface area contributed by atoms with Crippen LogP contribution in [0.4, 0.5) is 0 Å². The fraction of sp³-hybridized carbons (Fsp3) is 0.250. The number of carboxylic acids is 1. The quantitative estimate of drug-likeness (QED) is 0.679. The van der Waals surface area contributed by atoms with Crippen LogP contribution in [0.15, 0.2) is 21.1 Å². The van der Waals surface area contributed by atoms with E-state index in [0.717, 1.165) is 8.66 Å². The average Bonchev–Trinajstić information content (AvgIpc) is 2.51. The first-order valence-corrected chi connectivity index (χ1v) is 5.34. The Bertz CT molecular complexity index is 361. The molecule has 0 radical (unpaired) electrons. The maximum atomic E-state index is 10.1. The Morgan fingerprint density at radius 3 is 2.93 bits per heavy atom. The molecule has 0 aliphatic heterocycles. The number of thiophene rings is 1. The van der Waals surface area contributed by atoms with Crippen molar-refractivity contribution in [1.29, 1.82) is 0 Å². The second-order valence-corrected chi connectivity index (χ2v) is 4.91. The normalized spacial score (nSPS) is 11.4. The van der Waals surface area contributed by atoms with E-state index in [0.29, 0.717) is 5.71 Å². The summed E-state index contributed by atoms with van der Waals surface area (Å²) in [6.45, 7) is 1.35. The van der Waals surface area contributed by atoms with Gasteiger partial charge < -0.3 is 9.94 Å². The highest BCUT2D eigenvalue weighted by molar-refractivity contribution is 9.11. The standard InChI is InChI=1S/C8H8BrNO3S/c1-5(10-13-4-8(11)12)6-2-3-7(9)14-6/h2-3H,4H2,1H3,(H,11,12). The molecular weight excluding hydrogens is 270 g/mol. The van der Waals surface area contributed by atoms with Gasteiger partial charge in [0.15, 0.2) is 0 Å². The molecule has 0 fully saturated rings. The van der Waals surface area contributed by atoms with Crippen molar-refractivity contribution in [1.82, 2.24) is 0 Å². The van der Waals surface area contributed by atoms with Gasteiger partial charge in [0.2, 0.25) is 6.61 Å². The van der Waals surface area contributed by atoms with E-state index in [9.17, 15) is 4.79 Å². The summed E-state index contributed by atoms with van der Waals surface area (Å²) in [5, 5.41) is 12.0. The second kappa shape index (κ2) is 5.11. The maximum absolute atomic E-state index is 10.1. The number of carboxylic acid groups (broad SMARTS) is 1. The van der Waals surface area contributed by atoms with Crippen molar-refractivity contribution in [2.24, 2.45) is 5.16 Å². The van der Waals surface area contributed by atoms with E-state index in [4.69, 9.17) is 5.11 Å². The SMILES string of the molecule is CC(=NOCC(=O)O)c1ccc(Br)s1. The lowest BCUT2D eigenvalue weighted by molar-refractivity contribution is -0.142. The van der Waals surface area contributed by atoms with Crippen LogP contribution < -0.4 is 0 Å². The summed E-state index contributed by atoms with van der Waals surface area (Å²) in [6.07, 6.45) is 0. The first-order chi connectivity index (χ1) is 6.59. The average molecular weight is 278 g/mol. The van der Waals surface area contributed by atoms with Crippen LogP contribution in [-0.2, 0) is 9.63 Å². The van der Waals surface area contributed by atoms with Crippen LogP contribution >= 0.6 is 27.3 Å². The highest BCUT2D eigenvalue weighted by Gasteiger charge is 2.02. The fourth-order valence-electron chi connectivity index (χ4n) is 0.738. The lowest BCUT2D eigenvalue weighted by atomic mass is 10.3. The minimum absolute atomic E-state index is 0.413. The Kier molecular flexibility index (Phi) is 4.09. The molecule has 1 aromatic heterocycles. The topological polar surface area (TPSA) is 58.9 Å². The van der Waals surface area contributed by atoms with Crippen molar-refractivity contribution in [2.75, 3.05) is 6.61 Å². The molecule has 0 atom stereocenters. The first kappa shape index (κ1) is 11.2. The predicted molar refractivity (Wildman–Crippen MR) is 57.8 cm³/mol. The van der Waals surface area contributed by atoms with E-state index in [2.05, 4.69) is 25.9 Å². The number of halogens is 1. The van der Waals surface area contributed by atoms with E-state index in [1.165, 1.54) is 11.3 Å². The number of nitrogens with zero attached hydrogens (tertiary/aromatic N) is 1. The monoisotopic (exact) mass is 277 g/mol. The number of hydrogen-bond acceptors (Lipinski definition) is 4. The molecular formula is C8H8BrNO3S. The minimum Gasteiger partial charge on any atom is -0.479 e. The Labute approximate surface area is 93.3 Å². The Hall–Kier alpha value is -0.880. The molecule has 76 valence electrons. The van der Waals surface area contributed by atoms with Crippen LogP contribution in [0.3, 0.4) is 0 Å². The summed E-state index contributed by atoms with van der Waals surface area (Å²) in [4.78, 5) is 15.7. The van der Waals surface area contributed by atoms with Crippen LogP contribution in [0.1, 0.15) is 11.8 Å². The number of hydrogen-bond donors (Lipinski definition) is 1. The highest BCUT2D eigenvalue weighted by atomic mass is 79.9. The molecule has 1 aromatic rings. The van der Waals surface area contributed by atoms with Gasteiger partial charge in [0.1, 0.15) is 0 Å². The Morgan fingerprint density at radius 2 is 2.43 bits per heavy atom. The molecule has 4 nitrogen and oxygen atoms in total. The third kappa shape index (κ3) is 3.47. The van der Waals surface area contributed by atoms with Gasteiger partial charge in [0, 0.05) is 0 Å². The molecule has 0 amide bonds. The van der Waals surface area contributed by atoms with Crippen molar-refractivity contribution in [2.45, 2.75) is 6.92 Å². The second-order valence-electron chi connectivity index (χ2n) is 2.45. The van der Waals surface area contributed by atoms with E-state index in [1.807, 2.05) is 12.1 Å². The number of rotatable bonds is 4. The number of aliphatic carboxylic acids is 1. The molecule has 1 heterocycles. The van der Waals surface area contributed by atoms with Gasteiger partial charge in [0.05, 0.1) is 14.4 Å². The van der Waals surface area contributed by atoms with Gasteiger partial charge in [-0.25, -0.2) is 4.79 Å². The van der Waals surface area contributed by atoms with E-state index < -0.39 is 12.6 Å². The van der Waals surface area contributed by atoms with Crippen molar-refractivity contribution < 1.29 is 14.7 Å². The molecule has 1 N–H and O–H groups in total. The fourth-order valence-corrected chi connectivity index (χ4v) is 2.06. The summed E-state index contributed by atoms with van der Waals surface area (Å²) < 4.78 is 1.00. The van der Waals surface area contributed by atoms with Gasteiger partial charge in [-0.1, -0.05) is 5.16 Å². The van der Waals surface area contributed by atoms with Gasteiger partial charge in [-0.3, -0.25) is 0 Å². The van der Waals surface area contributed by atoms with Gasteiger partial charge in [0.25, 0.3) is 0 Å². The summed E-state index contributed by atoms with van der Waals surface area (Å²) >= 11 is 4.83. The van der Waals surface area contributed by atoms with Crippen LogP contribution in [-0.4, -0.2) is 23.4 Å². The van der Waals surface area contributed by atoms with Crippen molar-refractivity contribution in [3.63, 3.8) is 0 Å². The lowest BCUT2D eigenvalue weighted by Gasteiger charge is -1.96. The summed E-state index contributed by atoms with van der Waals surface area (Å²) in [5.41, 5.74) is 0.668.